The molecule has 4 nitrogen and oxygen atoms in total. The standard InChI is InChI=1S/C21H24N2O2/c1-4-23(5-2)14-15-7-6-8-16(11-15)20-13-21(24)18-12-17(25-3)9-10-19(18)22-20/h6-13H,4-5,14H2,1-3H3,(H,22,24). The second-order valence-electron chi connectivity index (χ2n) is 6.12. The molecule has 130 valence electrons. The van der Waals surface area contributed by atoms with Gasteiger partial charge in [-0.05, 0) is 48.5 Å². The average Bonchev–Trinajstić information content (AvgIpc) is 2.66. The van der Waals surface area contributed by atoms with Gasteiger partial charge in [-0.25, -0.2) is 0 Å². The van der Waals surface area contributed by atoms with Crippen molar-refractivity contribution in [2.24, 2.45) is 0 Å². The molecule has 3 aromatic rings. The molecule has 0 bridgehead atoms. The Labute approximate surface area is 148 Å². The number of nitrogens with zero attached hydrogens (tertiary/aromatic N) is 1. The van der Waals surface area contributed by atoms with Crippen molar-refractivity contribution < 1.29 is 4.74 Å². The Bertz CT molecular complexity index is 927. The minimum absolute atomic E-state index is 0.00297. The molecule has 4 heteroatoms. The van der Waals surface area contributed by atoms with Crippen molar-refractivity contribution in [1.29, 1.82) is 0 Å². The largest absolute Gasteiger partial charge is 0.497 e. The molecule has 0 aliphatic carbocycles. The van der Waals surface area contributed by atoms with Crippen LogP contribution in [-0.2, 0) is 6.54 Å². The van der Waals surface area contributed by atoms with Crippen LogP contribution in [0, 0.1) is 0 Å². The fraction of sp³-hybridized carbons (Fsp3) is 0.286. The van der Waals surface area contributed by atoms with Crippen LogP contribution in [0.3, 0.4) is 0 Å². The molecule has 1 N–H and O–H groups in total. The fourth-order valence-electron chi connectivity index (χ4n) is 3.05. The van der Waals surface area contributed by atoms with Gasteiger partial charge in [0.1, 0.15) is 5.75 Å². The third-order valence-corrected chi connectivity index (χ3v) is 4.58. The zero-order chi connectivity index (χ0) is 17.8. The monoisotopic (exact) mass is 336 g/mol. The van der Waals surface area contributed by atoms with Gasteiger partial charge in [0.15, 0.2) is 5.43 Å². The number of aromatic amines is 1. The second-order valence-corrected chi connectivity index (χ2v) is 6.12. The molecule has 25 heavy (non-hydrogen) atoms. The summed E-state index contributed by atoms with van der Waals surface area (Å²) in [7, 11) is 1.60. The molecule has 1 aromatic heterocycles. The van der Waals surface area contributed by atoms with E-state index in [2.05, 4.69) is 35.9 Å². The molecular formula is C21H24N2O2. The van der Waals surface area contributed by atoms with Crippen molar-refractivity contribution in [3.05, 3.63) is 64.3 Å². The molecule has 1 heterocycles. The van der Waals surface area contributed by atoms with Crippen LogP contribution >= 0.6 is 0 Å². The minimum atomic E-state index is -0.00297. The number of aromatic nitrogens is 1. The highest BCUT2D eigenvalue weighted by molar-refractivity contribution is 5.82. The van der Waals surface area contributed by atoms with Crippen LogP contribution in [0.15, 0.2) is 53.3 Å². The quantitative estimate of drug-likeness (QED) is 0.739. The van der Waals surface area contributed by atoms with E-state index >= 15 is 0 Å². The maximum atomic E-state index is 12.5. The lowest BCUT2D eigenvalue weighted by atomic mass is 10.1. The van der Waals surface area contributed by atoms with Gasteiger partial charge >= 0.3 is 0 Å². The van der Waals surface area contributed by atoms with Gasteiger partial charge in [0.05, 0.1) is 7.11 Å². The summed E-state index contributed by atoms with van der Waals surface area (Å²) >= 11 is 0. The Morgan fingerprint density at radius 3 is 2.56 bits per heavy atom. The van der Waals surface area contributed by atoms with Gasteiger partial charge < -0.3 is 9.72 Å². The number of fused-ring (bicyclic) bond motifs is 1. The first-order valence-electron chi connectivity index (χ1n) is 8.67. The van der Waals surface area contributed by atoms with Crippen LogP contribution in [0.5, 0.6) is 5.75 Å². The van der Waals surface area contributed by atoms with E-state index < -0.39 is 0 Å². The number of benzene rings is 2. The van der Waals surface area contributed by atoms with Crippen molar-refractivity contribution in [3.63, 3.8) is 0 Å². The summed E-state index contributed by atoms with van der Waals surface area (Å²) in [6.07, 6.45) is 0. The number of hydrogen-bond acceptors (Lipinski definition) is 3. The average molecular weight is 336 g/mol. The molecule has 0 saturated carbocycles. The van der Waals surface area contributed by atoms with E-state index in [1.165, 1.54) is 5.56 Å². The number of ether oxygens (including phenoxy) is 1. The van der Waals surface area contributed by atoms with Crippen LogP contribution in [0.25, 0.3) is 22.2 Å². The van der Waals surface area contributed by atoms with Gasteiger partial charge in [0.2, 0.25) is 0 Å². The molecule has 3 rings (SSSR count). The third-order valence-electron chi connectivity index (χ3n) is 4.58. The Hall–Kier alpha value is -2.59. The number of methoxy groups -OCH3 is 1. The molecule has 0 aliphatic rings. The van der Waals surface area contributed by atoms with Crippen molar-refractivity contribution in [1.82, 2.24) is 9.88 Å². The first kappa shape index (κ1) is 17.2. The predicted octanol–water partition coefficient (Wildman–Crippen LogP) is 4.05. The predicted molar refractivity (Wildman–Crippen MR) is 103 cm³/mol. The highest BCUT2D eigenvalue weighted by atomic mass is 16.5. The van der Waals surface area contributed by atoms with Crippen LogP contribution in [0.4, 0.5) is 0 Å². The SMILES string of the molecule is CCN(CC)Cc1cccc(-c2cc(=O)c3cc(OC)ccc3[nH]2)c1. The number of hydrogen-bond donors (Lipinski definition) is 1. The molecule has 0 amide bonds. The zero-order valence-corrected chi connectivity index (χ0v) is 15.0. The van der Waals surface area contributed by atoms with Gasteiger partial charge in [-0.1, -0.05) is 32.0 Å². The summed E-state index contributed by atoms with van der Waals surface area (Å²) in [5, 5.41) is 0.641. The molecule has 0 spiro atoms. The van der Waals surface area contributed by atoms with Crippen molar-refractivity contribution >= 4 is 10.9 Å². The van der Waals surface area contributed by atoms with E-state index in [0.717, 1.165) is 36.4 Å². The number of H-pyrrole nitrogens is 1. The first-order chi connectivity index (χ1) is 12.1. The molecule has 0 unspecified atom stereocenters. The molecule has 0 radical (unpaired) electrons. The summed E-state index contributed by atoms with van der Waals surface area (Å²) in [6.45, 7) is 7.30. The summed E-state index contributed by atoms with van der Waals surface area (Å²) in [4.78, 5) is 18.3. The normalized spacial score (nSPS) is 11.2. The highest BCUT2D eigenvalue weighted by Crippen LogP contribution is 2.22. The van der Waals surface area contributed by atoms with Crippen molar-refractivity contribution in [2.75, 3.05) is 20.2 Å². The summed E-state index contributed by atoms with van der Waals surface area (Å²) in [5.41, 5.74) is 3.93. The van der Waals surface area contributed by atoms with Crippen molar-refractivity contribution in [3.8, 4) is 17.0 Å². The molecular weight excluding hydrogens is 312 g/mol. The molecule has 0 fully saturated rings. The topological polar surface area (TPSA) is 45.3 Å². The van der Waals surface area contributed by atoms with E-state index in [9.17, 15) is 4.79 Å². The summed E-state index contributed by atoms with van der Waals surface area (Å²) < 4.78 is 5.21. The van der Waals surface area contributed by atoms with Gasteiger partial charge in [-0.2, -0.15) is 0 Å². The van der Waals surface area contributed by atoms with Gasteiger partial charge in [-0.15, -0.1) is 0 Å². The van der Waals surface area contributed by atoms with Gasteiger partial charge in [0, 0.05) is 29.2 Å². The lowest BCUT2D eigenvalue weighted by molar-refractivity contribution is 0.296. The maximum Gasteiger partial charge on any atom is 0.190 e. The van der Waals surface area contributed by atoms with E-state index in [0.29, 0.717) is 11.1 Å². The maximum absolute atomic E-state index is 12.5. The minimum Gasteiger partial charge on any atom is -0.497 e. The number of rotatable bonds is 6. The van der Waals surface area contributed by atoms with E-state index in [1.54, 1.807) is 19.2 Å². The van der Waals surface area contributed by atoms with Gasteiger partial charge in [0.25, 0.3) is 0 Å². The van der Waals surface area contributed by atoms with Crippen LogP contribution in [-0.4, -0.2) is 30.1 Å². The number of nitrogens with one attached hydrogen (secondary N) is 1. The van der Waals surface area contributed by atoms with Gasteiger partial charge in [-0.3, -0.25) is 9.69 Å². The first-order valence-corrected chi connectivity index (χ1v) is 8.67. The summed E-state index contributed by atoms with van der Waals surface area (Å²) in [5.74, 6) is 0.687. The van der Waals surface area contributed by atoms with E-state index in [4.69, 9.17) is 4.74 Å². The zero-order valence-electron chi connectivity index (χ0n) is 15.0. The Balaban J connectivity index is 2.00. The smallest absolute Gasteiger partial charge is 0.190 e. The third kappa shape index (κ3) is 3.74. The molecule has 0 saturated heterocycles. The lowest BCUT2D eigenvalue weighted by Crippen LogP contribution is -2.22. The highest BCUT2D eigenvalue weighted by Gasteiger charge is 2.07. The second kappa shape index (κ2) is 7.53. The lowest BCUT2D eigenvalue weighted by Gasteiger charge is -2.18. The van der Waals surface area contributed by atoms with E-state index in [-0.39, 0.29) is 5.43 Å². The van der Waals surface area contributed by atoms with Crippen LogP contribution in [0.1, 0.15) is 19.4 Å². The molecule has 0 aliphatic heterocycles. The van der Waals surface area contributed by atoms with Crippen molar-refractivity contribution in [2.45, 2.75) is 20.4 Å². The van der Waals surface area contributed by atoms with Crippen LogP contribution in [0.2, 0.25) is 0 Å². The fourth-order valence-corrected chi connectivity index (χ4v) is 3.05. The Morgan fingerprint density at radius 2 is 1.84 bits per heavy atom. The number of pyridine rings is 1. The Kier molecular flexibility index (Phi) is 5.19. The molecule has 0 atom stereocenters. The molecule has 2 aromatic carbocycles. The summed E-state index contributed by atoms with van der Waals surface area (Å²) in [6, 6.07) is 15.5. The van der Waals surface area contributed by atoms with Crippen LogP contribution < -0.4 is 10.2 Å². The van der Waals surface area contributed by atoms with E-state index in [1.807, 2.05) is 24.3 Å². The Morgan fingerprint density at radius 1 is 1.04 bits per heavy atom.